The van der Waals surface area contributed by atoms with E-state index < -0.39 is 0 Å². The highest BCUT2D eigenvalue weighted by Crippen LogP contribution is 2.41. The molecule has 1 saturated heterocycles. The fourth-order valence-corrected chi connectivity index (χ4v) is 5.08. The number of benzene rings is 1. The summed E-state index contributed by atoms with van der Waals surface area (Å²) < 4.78 is 2.21. The third-order valence-corrected chi connectivity index (χ3v) is 6.86. The van der Waals surface area contributed by atoms with Crippen molar-refractivity contribution in [3.8, 4) is 0 Å². The molecule has 1 aromatic heterocycles. The lowest BCUT2D eigenvalue weighted by atomic mass is 10.1. The first-order valence-corrected chi connectivity index (χ1v) is 12.4. The highest BCUT2D eigenvalue weighted by atomic mass is 32.2. The number of aromatic nitrogens is 3. The van der Waals surface area contributed by atoms with E-state index in [4.69, 9.17) is 0 Å². The summed E-state index contributed by atoms with van der Waals surface area (Å²) in [6.45, 7) is 7.96. The van der Waals surface area contributed by atoms with Gasteiger partial charge in [0.25, 0.3) is 0 Å². The maximum Gasteiger partial charge on any atom is 0.243 e. The minimum atomic E-state index is -0.230. The lowest BCUT2D eigenvalue weighted by molar-refractivity contribution is -0.122. The first kappa shape index (κ1) is 22.6. The van der Waals surface area contributed by atoms with Gasteiger partial charge in [0.1, 0.15) is 0 Å². The van der Waals surface area contributed by atoms with Gasteiger partial charge in [0.15, 0.2) is 5.16 Å². The van der Waals surface area contributed by atoms with E-state index in [1.165, 1.54) is 31.0 Å². The lowest BCUT2D eigenvalue weighted by Crippen LogP contribution is -2.34. The molecule has 0 unspecified atom stereocenters. The second-order valence-corrected chi connectivity index (χ2v) is 9.76. The van der Waals surface area contributed by atoms with E-state index in [1.54, 1.807) is 0 Å². The number of hydrogen-bond donors (Lipinski definition) is 2. The molecule has 1 aliphatic carbocycles. The lowest BCUT2D eigenvalue weighted by Gasteiger charge is -2.27. The van der Waals surface area contributed by atoms with Gasteiger partial charge in [0.2, 0.25) is 17.8 Å². The van der Waals surface area contributed by atoms with Crippen LogP contribution in [0.2, 0.25) is 0 Å². The fraction of sp³-hybridized carbons (Fsp3) is 0.565. The topological polar surface area (TPSA) is 92.2 Å². The van der Waals surface area contributed by atoms with Crippen molar-refractivity contribution in [2.24, 2.45) is 0 Å². The van der Waals surface area contributed by atoms with Crippen LogP contribution in [-0.4, -0.2) is 52.0 Å². The third kappa shape index (κ3) is 5.43. The first-order chi connectivity index (χ1) is 15.4. The summed E-state index contributed by atoms with van der Waals surface area (Å²) in [5, 5.41) is 15.2. The summed E-state index contributed by atoms with van der Waals surface area (Å²) in [5.74, 6) is 0.735. The van der Waals surface area contributed by atoms with Crippen LogP contribution >= 0.6 is 11.8 Å². The van der Waals surface area contributed by atoms with Gasteiger partial charge in [0, 0.05) is 24.8 Å². The van der Waals surface area contributed by atoms with Crippen LogP contribution in [0.3, 0.4) is 0 Å². The van der Waals surface area contributed by atoms with Crippen molar-refractivity contribution >= 4 is 35.2 Å². The van der Waals surface area contributed by atoms with Crippen LogP contribution in [0.1, 0.15) is 54.8 Å². The molecule has 2 aromatic rings. The van der Waals surface area contributed by atoms with Gasteiger partial charge < -0.3 is 15.5 Å². The van der Waals surface area contributed by atoms with Crippen molar-refractivity contribution in [2.75, 3.05) is 35.6 Å². The Balaban J connectivity index is 1.29. The average molecular weight is 457 g/mol. The summed E-state index contributed by atoms with van der Waals surface area (Å²) in [5.41, 5.74) is 4.00. The van der Waals surface area contributed by atoms with Crippen molar-refractivity contribution in [3.05, 3.63) is 28.8 Å². The summed E-state index contributed by atoms with van der Waals surface area (Å²) >= 11 is 1.39. The second-order valence-electron chi connectivity index (χ2n) is 8.82. The minimum absolute atomic E-state index is 0.0551. The number of thioether (sulfide) groups is 1. The second kappa shape index (κ2) is 9.94. The highest BCUT2D eigenvalue weighted by molar-refractivity contribution is 7.99. The number of amides is 2. The van der Waals surface area contributed by atoms with Gasteiger partial charge >= 0.3 is 0 Å². The van der Waals surface area contributed by atoms with Crippen LogP contribution in [0.25, 0.3) is 0 Å². The molecule has 0 bridgehead atoms. The monoisotopic (exact) mass is 456 g/mol. The number of hydrogen-bond acceptors (Lipinski definition) is 6. The number of aryl methyl sites for hydroxylation is 3. The van der Waals surface area contributed by atoms with E-state index in [0.29, 0.717) is 6.04 Å². The largest absolute Gasteiger partial charge is 0.346 e. The summed E-state index contributed by atoms with van der Waals surface area (Å²) in [6.07, 6.45) is 5.91. The Labute approximate surface area is 193 Å². The molecular weight excluding hydrogens is 424 g/mol. The molecule has 4 rings (SSSR count). The summed E-state index contributed by atoms with van der Waals surface area (Å²) in [6, 6.07) is 4.51. The van der Waals surface area contributed by atoms with Crippen molar-refractivity contribution in [3.63, 3.8) is 0 Å². The molecule has 2 heterocycles. The molecule has 2 aliphatic rings. The van der Waals surface area contributed by atoms with Crippen molar-refractivity contribution in [1.29, 1.82) is 0 Å². The van der Waals surface area contributed by atoms with E-state index in [1.807, 2.05) is 32.9 Å². The predicted molar refractivity (Wildman–Crippen MR) is 127 cm³/mol. The molecule has 2 fully saturated rings. The number of nitrogens with zero attached hydrogens (tertiary/aromatic N) is 4. The maximum atomic E-state index is 12.4. The van der Waals surface area contributed by atoms with Crippen molar-refractivity contribution in [1.82, 2.24) is 20.1 Å². The molecule has 1 aromatic carbocycles. The molecule has 0 spiro atoms. The van der Waals surface area contributed by atoms with Gasteiger partial charge in [-0.3, -0.25) is 14.2 Å². The van der Waals surface area contributed by atoms with Gasteiger partial charge in [-0.1, -0.05) is 29.5 Å². The number of carbonyl (C=O) groups is 2. The van der Waals surface area contributed by atoms with Crippen LogP contribution in [0.15, 0.2) is 17.3 Å². The number of carbonyl (C=O) groups excluding carboxylic acids is 2. The number of rotatable bonds is 8. The Hall–Kier alpha value is -2.55. The molecule has 2 amide bonds. The van der Waals surface area contributed by atoms with Crippen LogP contribution in [-0.2, 0) is 9.59 Å². The van der Waals surface area contributed by atoms with E-state index in [-0.39, 0.29) is 24.1 Å². The van der Waals surface area contributed by atoms with Crippen LogP contribution in [0.5, 0.6) is 0 Å². The van der Waals surface area contributed by atoms with Gasteiger partial charge in [-0.15, -0.1) is 10.2 Å². The summed E-state index contributed by atoms with van der Waals surface area (Å²) in [7, 11) is 0. The van der Waals surface area contributed by atoms with Crippen LogP contribution in [0.4, 0.5) is 11.6 Å². The molecule has 1 saturated carbocycles. The molecule has 9 heteroatoms. The predicted octanol–water partition coefficient (Wildman–Crippen LogP) is 3.38. The van der Waals surface area contributed by atoms with E-state index in [0.717, 1.165) is 59.4 Å². The van der Waals surface area contributed by atoms with Gasteiger partial charge in [0.05, 0.1) is 12.3 Å². The van der Waals surface area contributed by atoms with E-state index in [2.05, 4.69) is 30.3 Å². The normalized spacial score (nSPS) is 16.2. The smallest absolute Gasteiger partial charge is 0.243 e. The Morgan fingerprint density at radius 2 is 1.72 bits per heavy atom. The van der Waals surface area contributed by atoms with Gasteiger partial charge in [-0.25, -0.2) is 0 Å². The minimum Gasteiger partial charge on any atom is -0.346 e. The molecule has 0 atom stereocenters. The SMILES string of the molecule is Cc1cc(C)c(NC(=O)CNC(=O)CSc2nnc(N3CCCCC3)n2C2CC2)c(C)c1. The standard InChI is InChI=1S/C23H32N6O2S/c1-15-11-16(2)21(17(3)12-15)25-19(30)13-24-20(31)14-32-23-27-26-22(29(23)18-7-8-18)28-9-5-4-6-10-28/h11-12,18H,4-10,13-14H2,1-3H3,(H,24,31)(H,25,30). The number of nitrogens with one attached hydrogen (secondary N) is 2. The molecule has 0 radical (unpaired) electrons. The molecule has 32 heavy (non-hydrogen) atoms. The zero-order valence-corrected chi connectivity index (χ0v) is 19.9. The zero-order chi connectivity index (χ0) is 22.7. The summed E-state index contributed by atoms with van der Waals surface area (Å²) in [4.78, 5) is 27.0. The molecule has 172 valence electrons. The quantitative estimate of drug-likeness (QED) is 0.592. The van der Waals surface area contributed by atoms with Crippen molar-refractivity contribution in [2.45, 2.75) is 64.1 Å². The van der Waals surface area contributed by atoms with Gasteiger partial charge in [-0.2, -0.15) is 0 Å². The van der Waals surface area contributed by atoms with Gasteiger partial charge in [-0.05, 0) is 64.0 Å². The van der Waals surface area contributed by atoms with Crippen LogP contribution < -0.4 is 15.5 Å². The number of anilines is 2. The Kier molecular flexibility index (Phi) is 7.03. The Morgan fingerprint density at radius 3 is 2.38 bits per heavy atom. The highest BCUT2D eigenvalue weighted by Gasteiger charge is 2.32. The van der Waals surface area contributed by atoms with E-state index >= 15 is 0 Å². The first-order valence-electron chi connectivity index (χ1n) is 11.4. The molecular formula is C23H32N6O2S. The van der Waals surface area contributed by atoms with Crippen molar-refractivity contribution < 1.29 is 9.59 Å². The zero-order valence-electron chi connectivity index (χ0n) is 19.1. The van der Waals surface area contributed by atoms with Crippen LogP contribution in [0, 0.1) is 20.8 Å². The average Bonchev–Trinajstić information content (AvgIpc) is 3.52. The third-order valence-electron chi connectivity index (χ3n) is 5.92. The fourth-order valence-electron chi connectivity index (χ4n) is 4.25. The molecule has 1 aliphatic heterocycles. The maximum absolute atomic E-state index is 12.4. The van der Waals surface area contributed by atoms with E-state index in [9.17, 15) is 9.59 Å². The number of piperidine rings is 1. The Morgan fingerprint density at radius 1 is 1.03 bits per heavy atom. The Bertz CT molecular complexity index is 971. The molecule has 2 N–H and O–H groups in total. The molecule has 8 nitrogen and oxygen atoms in total.